The quantitative estimate of drug-likeness (QED) is 0.505. The first-order valence-electron chi connectivity index (χ1n) is 8.04. The summed E-state index contributed by atoms with van der Waals surface area (Å²) < 4.78 is 11.0. The van der Waals surface area contributed by atoms with E-state index >= 15 is 0 Å². The molecule has 0 spiro atoms. The summed E-state index contributed by atoms with van der Waals surface area (Å²) in [5, 5.41) is 13.8. The largest absolute Gasteiger partial charge is 0.493 e. The van der Waals surface area contributed by atoms with Crippen LogP contribution >= 0.6 is 11.6 Å². The van der Waals surface area contributed by atoms with Gasteiger partial charge in [-0.25, -0.2) is 9.59 Å². The number of urea groups is 1. The predicted octanol–water partition coefficient (Wildman–Crippen LogP) is 2.81. The third kappa shape index (κ3) is 4.24. The Morgan fingerprint density at radius 2 is 2.00 bits per heavy atom. The van der Waals surface area contributed by atoms with Crippen molar-refractivity contribution in [3.05, 3.63) is 63.8 Å². The maximum absolute atomic E-state index is 11.6. The molecule has 28 heavy (non-hydrogen) atoms. The molecule has 0 radical (unpaired) electrons. The minimum absolute atomic E-state index is 0.0795. The Morgan fingerprint density at radius 1 is 1.21 bits per heavy atom. The number of imide groups is 1. The SMILES string of the molecule is COc1cc(/C=C2\NC(=O)NC2=O)cc(Cl)c1OCc1cccc(C(=O)O)c1. The number of carbonyl (C=O) groups is 3. The molecule has 1 aliphatic heterocycles. The highest BCUT2D eigenvalue weighted by atomic mass is 35.5. The molecule has 1 fully saturated rings. The molecule has 3 amide bonds. The number of nitrogens with one attached hydrogen (secondary N) is 2. The van der Waals surface area contributed by atoms with Crippen LogP contribution in [0.15, 0.2) is 42.1 Å². The van der Waals surface area contributed by atoms with Gasteiger partial charge in [-0.3, -0.25) is 10.1 Å². The Labute approximate surface area is 164 Å². The van der Waals surface area contributed by atoms with Crippen molar-refractivity contribution >= 4 is 35.6 Å². The van der Waals surface area contributed by atoms with Crippen LogP contribution in [0.5, 0.6) is 11.5 Å². The first-order valence-corrected chi connectivity index (χ1v) is 8.42. The molecular formula is C19H15ClN2O6. The smallest absolute Gasteiger partial charge is 0.335 e. The fourth-order valence-corrected chi connectivity index (χ4v) is 2.84. The molecule has 0 aliphatic carbocycles. The fourth-order valence-electron chi connectivity index (χ4n) is 2.56. The number of ether oxygens (including phenoxy) is 2. The number of amides is 3. The van der Waals surface area contributed by atoms with Gasteiger partial charge in [-0.1, -0.05) is 23.7 Å². The summed E-state index contributed by atoms with van der Waals surface area (Å²) >= 11 is 6.30. The monoisotopic (exact) mass is 402 g/mol. The summed E-state index contributed by atoms with van der Waals surface area (Å²) in [6, 6.07) is 8.89. The number of halogens is 1. The predicted molar refractivity (Wildman–Crippen MR) is 100 cm³/mol. The molecule has 8 nitrogen and oxygen atoms in total. The van der Waals surface area contributed by atoms with Gasteiger partial charge in [0.05, 0.1) is 17.7 Å². The summed E-state index contributed by atoms with van der Waals surface area (Å²) in [5.74, 6) is -0.984. The molecule has 0 atom stereocenters. The van der Waals surface area contributed by atoms with Crippen molar-refractivity contribution in [1.82, 2.24) is 10.6 Å². The molecule has 144 valence electrons. The summed E-state index contributed by atoms with van der Waals surface area (Å²) in [5.41, 5.74) is 1.41. The lowest BCUT2D eigenvalue weighted by atomic mass is 10.1. The number of carboxylic acid groups (broad SMARTS) is 1. The average molecular weight is 403 g/mol. The standard InChI is InChI=1S/C19H15ClN2O6/c1-27-15-8-11(7-14-17(23)22-19(26)21-14)6-13(20)16(15)28-9-10-3-2-4-12(5-10)18(24)25/h2-8H,9H2,1H3,(H,24,25)(H2,21,22,23,26)/b14-7-. The molecule has 9 heteroatoms. The van der Waals surface area contributed by atoms with Crippen molar-refractivity contribution in [2.75, 3.05) is 7.11 Å². The molecule has 3 N–H and O–H groups in total. The van der Waals surface area contributed by atoms with Crippen LogP contribution in [-0.2, 0) is 11.4 Å². The second-order valence-electron chi connectivity index (χ2n) is 5.79. The van der Waals surface area contributed by atoms with Crippen LogP contribution in [-0.4, -0.2) is 30.1 Å². The van der Waals surface area contributed by atoms with Crippen molar-refractivity contribution < 1.29 is 29.0 Å². The van der Waals surface area contributed by atoms with Gasteiger partial charge in [-0.05, 0) is 41.5 Å². The number of carboxylic acids is 1. The normalized spacial score (nSPS) is 14.6. The Kier molecular flexibility index (Phi) is 5.51. The Balaban J connectivity index is 1.83. The van der Waals surface area contributed by atoms with E-state index in [1.54, 1.807) is 24.3 Å². The molecule has 3 rings (SSSR count). The molecule has 0 bridgehead atoms. The van der Waals surface area contributed by atoms with E-state index in [1.165, 1.54) is 25.3 Å². The van der Waals surface area contributed by atoms with E-state index in [2.05, 4.69) is 10.6 Å². The molecule has 0 unspecified atom stereocenters. The van der Waals surface area contributed by atoms with Crippen LogP contribution in [0, 0.1) is 0 Å². The minimum atomic E-state index is -1.03. The van der Waals surface area contributed by atoms with Crippen LogP contribution in [0.2, 0.25) is 5.02 Å². The number of rotatable bonds is 6. The fraction of sp³-hybridized carbons (Fsp3) is 0.105. The van der Waals surface area contributed by atoms with Crippen LogP contribution in [0.25, 0.3) is 6.08 Å². The van der Waals surface area contributed by atoms with E-state index in [4.69, 9.17) is 26.2 Å². The van der Waals surface area contributed by atoms with Gasteiger partial charge in [-0.15, -0.1) is 0 Å². The lowest BCUT2D eigenvalue weighted by molar-refractivity contribution is -0.115. The average Bonchev–Trinajstić information content (AvgIpc) is 2.97. The number of methoxy groups -OCH3 is 1. The van der Waals surface area contributed by atoms with Crippen LogP contribution in [0.4, 0.5) is 4.79 Å². The second kappa shape index (κ2) is 8.01. The van der Waals surface area contributed by atoms with Crippen LogP contribution in [0.1, 0.15) is 21.5 Å². The van der Waals surface area contributed by atoms with Crippen LogP contribution < -0.4 is 20.1 Å². The molecule has 2 aromatic carbocycles. The Morgan fingerprint density at radius 3 is 2.64 bits per heavy atom. The van der Waals surface area contributed by atoms with E-state index in [-0.39, 0.29) is 28.6 Å². The summed E-state index contributed by atoms with van der Waals surface area (Å²) in [6.07, 6.45) is 1.45. The van der Waals surface area contributed by atoms with Crippen LogP contribution in [0.3, 0.4) is 0 Å². The molecule has 1 aliphatic rings. The summed E-state index contributed by atoms with van der Waals surface area (Å²) in [4.78, 5) is 33.9. The van der Waals surface area contributed by atoms with Gasteiger partial charge in [-0.2, -0.15) is 0 Å². The van der Waals surface area contributed by atoms with Gasteiger partial charge in [0.1, 0.15) is 12.3 Å². The highest BCUT2D eigenvalue weighted by Gasteiger charge is 2.23. The van der Waals surface area contributed by atoms with E-state index in [9.17, 15) is 14.4 Å². The van der Waals surface area contributed by atoms with Gasteiger partial charge >= 0.3 is 12.0 Å². The zero-order valence-electron chi connectivity index (χ0n) is 14.6. The van der Waals surface area contributed by atoms with Crippen molar-refractivity contribution in [1.29, 1.82) is 0 Å². The van der Waals surface area contributed by atoms with E-state index in [1.807, 2.05) is 0 Å². The van der Waals surface area contributed by atoms with Crippen molar-refractivity contribution in [3.63, 3.8) is 0 Å². The number of hydrogen-bond acceptors (Lipinski definition) is 5. The number of aromatic carboxylic acids is 1. The van der Waals surface area contributed by atoms with E-state index in [0.717, 1.165) is 0 Å². The number of carbonyl (C=O) groups excluding carboxylic acids is 2. The third-order valence-corrected chi connectivity index (χ3v) is 4.12. The van der Waals surface area contributed by atoms with Crippen molar-refractivity contribution in [2.45, 2.75) is 6.61 Å². The molecular weight excluding hydrogens is 388 g/mol. The number of hydrogen-bond donors (Lipinski definition) is 3. The lowest BCUT2D eigenvalue weighted by Crippen LogP contribution is -2.22. The lowest BCUT2D eigenvalue weighted by Gasteiger charge is -2.14. The highest BCUT2D eigenvalue weighted by molar-refractivity contribution is 6.32. The first-order chi connectivity index (χ1) is 13.4. The maximum atomic E-state index is 11.6. The van der Waals surface area contributed by atoms with Crippen molar-refractivity contribution in [3.8, 4) is 11.5 Å². The van der Waals surface area contributed by atoms with Crippen molar-refractivity contribution in [2.24, 2.45) is 0 Å². The molecule has 1 saturated heterocycles. The molecule has 1 heterocycles. The zero-order valence-corrected chi connectivity index (χ0v) is 15.4. The Hall–Kier alpha value is -3.52. The number of benzene rings is 2. The van der Waals surface area contributed by atoms with Gasteiger partial charge < -0.3 is 19.9 Å². The summed E-state index contributed by atoms with van der Waals surface area (Å²) in [7, 11) is 1.44. The van der Waals surface area contributed by atoms with Gasteiger partial charge in [0, 0.05) is 0 Å². The molecule has 0 aromatic heterocycles. The molecule has 2 aromatic rings. The summed E-state index contributed by atoms with van der Waals surface area (Å²) in [6.45, 7) is 0.0795. The van der Waals surface area contributed by atoms with Gasteiger partial charge in [0.25, 0.3) is 5.91 Å². The Bertz CT molecular complexity index is 1000. The maximum Gasteiger partial charge on any atom is 0.335 e. The third-order valence-electron chi connectivity index (χ3n) is 3.84. The second-order valence-corrected chi connectivity index (χ2v) is 6.20. The molecule has 0 saturated carbocycles. The van der Waals surface area contributed by atoms with E-state index in [0.29, 0.717) is 16.9 Å². The van der Waals surface area contributed by atoms with Gasteiger partial charge in [0.2, 0.25) is 0 Å². The van der Waals surface area contributed by atoms with Gasteiger partial charge in [0.15, 0.2) is 11.5 Å². The minimum Gasteiger partial charge on any atom is -0.493 e. The highest BCUT2D eigenvalue weighted by Crippen LogP contribution is 2.37. The van der Waals surface area contributed by atoms with E-state index < -0.39 is 17.9 Å². The topological polar surface area (TPSA) is 114 Å². The first kappa shape index (κ1) is 19.2. The zero-order chi connectivity index (χ0) is 20.3.